The molecule has 0 unspecified atom stereocenters. The molecule has 72 valence electrons. The van der Waals surface area contributed by atoms with Crippen LogP contribution in [0.5, 0.6) is 11.5 Å². The first-order valence-corrected chi connectivity index (χ1v) is 3.99. The Morgan fingerprint density at radius 2 is 1.85 bits per heavy atom. The van der Waals surface area contributed by atoms with E-state index < -0.39 is 0 Å². The van der Waals surface area contributed by atoms with E-state index in [4.69, 9.17) is 26.9 Å². The van der Waals surface area contributed by atoms with Gasteiger partial charge in [0.05, 0.1) is 24.9 Å². The maximum Gasteiger partial charge on any atom is 0.145 e. The molecule has 0 atom stereocenters. The average molecular weight is 203 g/mol. The number of hydrazine groups is 1. The number of nitrogens with two attached hydrogens (primary N) is 1. The highest BCUT2D eigenvalue weighted by Crippen LogP contribution is 2.35. The third kappa shape index (κ3) is 1.96. The van der Waals surface area contributed by atoms with Gasteiger partial charge in [0.25, 0.3) is 0 Å². The second-order valence-corrected chi connectivity index (χ2v) is 2.74. The summed E-state index contributed by atoms with van der Waals surface area (Å²) in [6.07, 6.45) is 0. The van der Waals surface area contributed by atoms with Crippen molar-refractivity contribution in [2.75, 3.05) is 19.6 Å². The molecular formula is C8H11ClN2O2. The summed E-state index contributed by atoms with van der Waals surface area (Å²) in [6, 6.07) is 3.30. The number of halogens is 1. The molecule has 0 amide bonds. The summed E-state index contributed by atoms with van der Waals surface area (Å²) in [6.45, 7) is 0. The summed E-state index contributed by atoms with van der Waals surface area (Å²) in [7, 11) is 3.08. The van der Waals surface area contributed by atoms with Crippen molar-refractivity contribution < 1.29 is 9.47 Å². The smallest absolute Gasteiger partial charge is 0.145 e. The first-order valence-electron chi connectivity index (χ1n) is 3.61. The number of hydrogen-bond acceptors (Lipinski definition) is 4. The predicted octanol–water partition coefficient (Wildman–Crippen LogP) is 1.64. The Bertz CT molecular complexity index is 304. The van der Waals surface area contributed by atoms with Gasteiger partial charge in [-0.3, -0.25) is 5.84 Å². The zero-order valence-electron chi connectivity index (χ0n) is 7.43. The maximum atomic E-state index is 5.86. The summed E-state index contributed by atoms with van der Waals surface area (Å²) >= 11 is 5.86. The van der Waals surface area contributed by atoms with E-state index >= 15 is 0 Å². The molecular weight excluding hydrogens is 192 g/mol. The molecule has 0 aromatic heterocycles. The topological polar surface area (TPSA) is 56.5 Å². The summed E-state index contributed by atoms with van der Waals surface area (Å²) in [5.41, 5.74) is 3.11. The van der Waals surface area contributed by atoms with Crippen molar-refractivity contribution in [1.29, 1.82) is 0 Å². The van der Waals surface area contributed by atoms with Gasteiger partial charge >= 0.3 is 0 Å². The Morgan fingerprint density at radius 1 is 1.23 bits per heavy atom. The van der Waals surface area contributed by atoms with Crippen molar-refractivity contribution in [2.24, 2.45) is 5.84 Å². The molecule has 0 fully saturated rings. The number of nitrogen functional groups attached to an aromatic ring is 1. The van der Waals surface area contributed by atoms with E-state index in [2.05, 4.69) is 5.43 Å². The number of ether oxygens (including phenoxy) is 2. The van der Waals surface area contributed by atoms with Crippen LogP contribution < -0.4 is 20.7 Å². The first kappa shape index (κ1) is 9.95. The highest BCUT2D eigenvalue weighted by Gasteiger charge is 2.07. The van der Waals surface area contributed by atoms with Crippen LogP contribution in [0.4, 0.5) is 5.69 Å². The number of methoxy groups -OCH3 is 2. The molecule has 0 aliphatic rings. The Morgan fingerprint density at radius 3 is 2.31 bits per heavy atom. The second-order valence-electron chi connectivity index (χ2n) is 2.33. The van der Waals surface area contributed by atoms with E-state index in [-0.39, 0.29) is 0 Å². The molecule has 0 heterocycles. The van der Waals surface area contributed by atoms with Crippen molar-refractivity contribution in [3.8, 4) is 11.5 Å². The van der Waals surface area contributed by atoms with Crippen molar-refractivity contribution in [3.05, 3.63) is 17.2 Å². The minimum atomic E-state index is 0.485. The van der Waals surface area contributed by atoms with Gasteiger partial charge in [-0.25, -0.2) is 0 Å². The third-order valence-corrected chi connectivity index (χ3v) is 1.92. The van der Waals surface area contributed by atoms with E-state index in [9.17, 15) is 0 Å². The lowest BCUT2D eigenvalue weighted by atomic mass is 10.3. The zero-order valence-corrected chi connectivity index (χ0v) is 8.18. The number of benzene rings is 1. The molecule has 0 bridgehead atoms. The lowest BCUT2D eigenvalue weighted by molar-refractivity contribution is 0.405. The molecule has 1 aromatic rings. The summed E-state index contributed by atoms with van der Waals surface area (Å²) < 4.78 is 10.0. The van der Waals surface area contributed by atoms with Crippen LogP contribution in [0.15, 0.2) is 12.1 Å². The van der Waals surface area contributed by atoms with E-state index in [1.807, 2.05) is 0 Å². The average Bonchev–Trinajstić information content (AvgIpc) is 2.17. The summed E-state index contributed by atoms with van der Waals surface area (Å²) in [4.78, 5) is 0. The predicted molar refractivity (Wildman–Crippen MR) is 52.4 cm³/mol. The molecule has 0 aliphatic heterocycles. The van der Waals surface area contributed by atoms with Crippen LogP contribution in [0.25, 0.3) is 0 Å². The molecule has 3 N–H and O–H groups in total. The van der Waals surface area contributed by atoms with Gasteiger partial charge in [-0.2, -0.15) is 0 Å². The molecule has 0 spiro atoms. The van der Waals surface area contributed by atoms with Gasteiger partial charge in [0.1, 0.15) is 11.5 Å². The third-order valence-electron chi connectivity index (χ3n) is 1.63. The van der Waals surface area contributed by atoms with Crippen molar-refractivity contribution in [2.45, 2.75) is 0 Å². The van der Waals surface area contributed by atoms with Crippen molar-refractivity contribution in [1.82, 2.24) is 0 Å². The molecule has 0 aliphatic carbocycles. The maximum absolute atomic E-state index is 5.86. The van der Waals surface area contributed by atoms with E-state index in [1.54, 1.807) is 19.2 Å². The van der Waals surface area contributed by atoms with Crippen LogP contribution in [0.3, 0.4) is 0 Å². The second kappa shape index (κ2) is 4.20. The van der Waals surface area contributed by atoms with Gasteiger partial charge in [0.15, 0.2) is 0 Å². The van der Waals surface area contributed by atoms with Crippen LogP contribution >= 0.6 is 11.6 Å². The lowest BCUT2D eigenvalue weighted by Gasteiger charge is -2.10. The summed E-state index contributed by atoms with van der Waals surface area (Å²) in [5.74, 6) is 6.40. The van der Waals surface area contributed by atoms with Gasteiger partial charge < -0.3 is 14.9 Å². The van der Waals surface area contributed by atoms with Crippen LogP contribution in [0.2, 0.25) is 5.02 Å². The van der Waals surface area contributed by atoms with Gasteiger partial charge in [0, 0.05) is 12.1 Å². The number of hydrogen-bond donors (Lipinski definition) is 2. The number of anilines is 1. The minimum absolute atomic E-state index is 0.485. The Labute approximate surface area is 81.6 Å². The lowest BCUT2D eigenvalue weighted by Crippen LogP contribution is -2.08. The molecule has 1 rings (SSSR count). The van der Waals surface area contributed by atoms with Crippen molar-refractivity contribution in [3.63, 3.8) is 0 Å². The number of rotatable bonds is 3. The highest BCUT2D eigenvalue weighted by molar-refractivity contribution is 6.32. The largest absolute Gasteiger partial charge is 0.495 e. The van der Waals surface area contributed by atoms with Crippen LogP contribution in [0.1, 0.15) is 0 Å². The van der Waals surface area contributed by atoms with Crippen LogP contribution in [-0.4, -0.2) is 14.2 Å². The molecule has 0 radical (unpaired) electrons. The fourth-order valence-corrected chi connectivity index (χ4v) is 1.20. The molecule has 4 nitrogen and oxygen atoms in total. The van der Waals surface area contributed by atoms with Crippen molar-refractivity contribution >= 4 is 17.3 Å². The zero-order chi connectivity index (χ0) is 9.84. The SMILES string of the molecule is COc1cc(NN)c(OC)cc1Cl. The summed E-state index contributed by atoms with van der Waals surface area (Å²) in [5, 5.41) is 0.485. The molecule has 13 heavy (non-hydrogen) atoms. The Balaban J connectivity index is 3.18. The van der Waals surface area contributed by atoms with E-state index in [0.717, 1.165) is 0 Å². The van der Waals surface area contributed by atoms with Gasteiger partial charge in [-0.15, -0.1) is 0 Å². The highest BCUT2D eigenvalue weighted by atomic mass is 35.5. The van der Waals surface area contributed by atoms with Gasteiger partial charge in [-0.1, -0.05) is 11.6 Å². The quantitative estimate of drug-likeness (QED) is 0.578. The molecule has 0 saturated heterocycles. The Kier molecular flexibility index (Phi) is 3.22. The van der Waals surface area contributed by atoms with E-state index in [1.165, 1.54) is 7.11 Å². The van der Waals surface area contributed by atoms with Crippen LogP contribution in [0, 0.1) is 0 Å². The van der Waals surface area contributed by atoms with E-state index in [0.29, 0.717) is 22.2 Å². The number of nitrogens with one attached hydrogen (secondary N) is 1. The van der Waals surface area contributed by atoms with Gasteiger partial charge in [-0.05, 0) is 0 Å². The van der Waals surface area contributed by atoms with Crippen LogP contribution in [-0.2, 0) is 0 Å². The standard InChI is InChI=1S/C8H11ClN2O2/c1-12-7-4-6(11-10)8(13-2)3-5(7)9/h3-4,11H,10H2,1-2H3. The monoisotopic (exact) mass is 202 g/mol. The molecule has 5 heteroatoms. The fraction of sp³-hybridized carbons (Fsp3) is 0.250. The van der Waals surface area contributed by atoms with Gasteiger partial charge in [0.2, 0.25) is 0 Å². The first-order chi connectivity index (χ1) is 6.22. The Hall–Kier alpha value is -1.13. The fourth-order valence-electron chi connectivity index (χ4n) is 0.973. The molecule has 0 saturated carbocycles. The molecule has 1 aromatic carbocycles. The minimum Gasteiger partial charge on any atom is -0.495 e. The normalized spacial score (nSPS) is 9.54.